The van der Waals surface area contributed by atoms with E-state index in [1.807, 2.05) is 50.3 Å². The number of anilines is 1. The van der Waals surface area contributed by atoms with Crippen molar-refractivity contribution in [3.8, 4) is 0 Å². The molecule has 4 rings (SSSR count). The molecule has 3 N–H and O–H groups in total. The van der Waals surface area contributed by atoms with Gasteiger partial charge in [0.15, 0.2) is 0 Å². The van der Waals surface area contributed by atoms with Crippen LogP contribution in [0.25, 0.3) is 5.57 Å². The minimum absolute atomic E-state index is 0.168. The summed E-state index contributed by atoms with van der Waals surface area (Å²) in [4.78, 5) is -0.350. The second kappa shape index (κ2) is 11.7. The van der Waals surface area contributed by atoms with Crippen molar-refractivity contribution in [2.75, 3.05) is 5.32 Å². The molecule has 2 radical (unpaired) electrons. The molecule has 0 saturated carbocycles. The summed E-state index contributed by atoms with van der Waals surface area (Å²) >= 11 is 0. The first-order chi connectivity index (χ1) is 18.5. The molecule has 3 aromatic carbocycles. The maximum atomic E-state index is 12.2. The SMILES string of the molecule is CCC1=CC(=C(c2ccc(NC(CC)c3cccc(S(=O)(=O)O)c3)cc2)c2ccccc2S(=O)(=O)O)C=C[C]1. The smallest absolute Gasteiger partial charge is 0.295 e. The fourth-order valence-corrected chi connectivity index (χ4v) is 5.73. The van der Waals surface area contributed by atoms with Crippen molar-refractivity contribution in [1.29, 1.82) is 0 Å². The van der Waals surface area contributed by atoms with Crippen LogP contribution in [-0.2, 0) is 20.2 Å². The van der Waals surface area contributed by atoms with Crippen LogP contribution < -0.4 is 5.32 Å². The summed E-state index contributed by atoms with van der Waals surface area (Å²) in [6.45, 7) is 3.97. The lowest BCUT2D eigenvalue weighted by Crippen LogP contribution is -2.11. The lowest BCUT2D eigenvalue weighted by Gasteiger charge is -2.21. The first-order valence-electron chi connectivity index (χ1n) is 12.4. The van der Waals surface area contributed by atoms with Crippen LogP contribution in [0.15, 0.2) is 112 Å². The number of rotatable bonds is 9. The summed E-state index contributed by atoms with van der Waals surface area (Å²) in [7, 11) is -8.80. The Morgan fingerprint density at radius 2 is 1.62 bits per heavy atom. The summed E-state index contributed by atoms with van der Waals surface area (Å²) in [6.07, 6.45) is 10.2. The second-order valence-corrected chi connectivity index (χ2v) is 11.8. The van der Waals surface area contributed by atoms with Gasteiger partial charge in [0.25, 0.3) is 20.2 Å². The summed E-state index contributed by atoms with van der Waals surface area (Å²) in [5.41, 5.74) is 4.99. The van der Waals surface area contributed by atoms with E-state index in [9.17, 15) is 25.9 Å². The van der Waals surface area contributed by atoms with Gasteiger partial charge in [-0.25, -0.2) is 0 Å². The van der Waals surface area contributed by atoms with Crippen LogP contribution in [0.5, 0.6) is 0 Å². The van der Waals surface area contributed by atoms with Gasteiger partial charge in [0.2, 0.25) is 0 Å². The van der Waals surface area contributed by atoms with Gasteiger partial charge in [-0.2, -0.15) is 16.8 Å². The molecule has 0 fully saturated rings. The monoisotopic (exact) mass is 563 g/mol. The molecule has 1 unspecified atom stereocenters. The zero-order valence-corrected chi connectivity index (χ0v) is 23.1. The number of nitrogens with one attached hydrogen (secondary N) is 1. The summed E-state index contributed by atoms with van der Waals surface area (Å²) in [6, 6.07) is 19.7. The van der Waals surface area contributed by atoms with Crippen molar-refractivity contribution < 1.29 is 25.9 Å². The fraction of sp³-hybridized carbons (Fsp3) is 0.167. The van der Waals surface area contributed by atoms with Crippen LogP contribution in [0.4, 0.5) is 5.69 Å². The van der Waals surface area contributed by atoms with Crippen LogP contribution in [0.1, 0.15) is 49.4 Å². The zero-order valence-electron chi connectivity index (χ0n) is 21.5. The molecule has 202 valence electrons. The van der Waals surface area contributed by atoms with Gasteiger partial charge in [-0.3, -0.25) is 9.11 Å². The summed E-state index contributed by atoms with van der Waals surface area (Å²) < 4.78 is 67.1. The Morgan fingerprint density at radius 1 is 0.897 bits per heavy atom. The Kier molecular flexibility index (Phi) is 8.56. The van der Waals surface area contributed by atoms with Gasteiger partial charge in [0.1, 0.15) is 4.90 Å². The highest BCUT2D eigenvalue weighted by Crippen LogP contribution is 2.36. The molecule has 0 bridgehead atoms. The minimum atomic E-state index is -4.48. The standard InChI is InChI=1S/C30H29NO6S2/c1-3-21-9-7-11-24(19-21)30(27-13-5-6-14-29(27)39(35,36)37)22-15-17-25(18-16-22)31-28(4-2)23-10-8-12-26(20-23)38(32,33)34/h5-8,10-20,28,31H,3-4H2,1-2H3,(H,32,33,34)(H,35,36,37). The maximum Gasteiger partial charge on any atom is 0.295 e. The van der Waals surface area contributed by atoms with E-state index in [2.05, 4.69) is 11.7 Å². The fourth-order valence-electron chi connectivity index (χ4n) is 4.50. The minimum Gasteiger partial charge on any atom is -0.378 e. The summed E-state index contributed by atoms with van der Waals surface area (Å²) in [5.74, 6) is 0. The maximum absolute atomic E-state index is 12.2. The highest BCUT2D eigenvalue weighted by Gasteiger charge is 2.21. The van der Waals surface area contributed by atoms with E-state index in [1.165, 1.54) is 18.2 Å². The normalized spacial score (nSPS) is 15.9. The van der Waals surface area contributed by atoms with E-state index in [4.69, 9.17) is 0 Å². The van der Waals surface area contributed by atoms with Crippen LogP contribution >= 0.6 is 0 Å². The van der Waals surface area contributed by atoms with Crippen molar-refractivity contribution >= 4 is 31.5 Å². The van der Waals surface area contributed by atoms with Crippen molar-refractivity contribution in [2.24, 2.45) is 0 Å². The molecule has 1 aliphatic rings. The van der Waals surface area contributed by atoms with Crippen LogP contribution in [-0.4, -0.2) is 25.9 Å². The lowest BCUT2D eigenvalue weighted by atomic mass is 9.88. The Balaban J connectivity index is 1.76. The highest BCUT2D eigenvalue weighted by atomic mass is 32.2. The van der Waals surface area contributed by atoms with E-state index in [-0.39, 0.29) is 15.8 Å². The number of allylic oxidation sites excluding steroid dienone is 5. The Hall–Kier alpha value is -3.50. The van der Waals surface area contributed by atoms with Gasteiger partial charge >= 0.3 is 0 Å². The van der Waals surface area contributed by atoms with E-state index < -0.39 is 20.2 Å². The van der Waals surface area contributed by atoms with Gasteiger partial charge < -0.3 is 5.32 Å². The van der Waals surface area contributed by atoms with Crippen LogP contribution in [0.2, 0.25) is 0 Å². The third kappa shape index (κ3) is 6.75. The topological polar surface area (TPSA) is 121 Å². The van der Waals surface area contributed by atoms with Crippen molar-refractivity contribution in [1.82, 2.24) is 0 Å². The van der Waals surface area contributed by atoms with Gasteiger partial charge in [0.05, 0.1) is 10.9 Å². The molecule has 39 heavy (non-hydrogen) atoms. The molecule has 0 heterocycles. The van der Waals surface area contributed by atoms with Crippen molar-refractivity contribution in [3.63, 3.8) is 0 Å². The van der Waals surface area contributed by atoms with Crippen LogP contribution in [0.3, 0.4) is 0 Å². The molecule has 9 heteroatoms. The summed E-state index contributed by atoms with van der Waals surface area (Å²) in [5, 5.41) is 3.40. The Labute approximate surface area is 230 Å². The third-order valence-electron chi connectivity index (χ3n) is 6.45. The predicted octanol–water partition coefficient (Wildman–Crippen LogP) is 6.53. The van der Waals surface area contributed by atoms with E-state index in [0.717, 1.165) is 28.8 Å². The average Bonchev–Trinajstić information content (AvgIpc) is 2.92. The third-order valence-corrected chi connectivity index (χ3v) is 8.21. The predicted molar refractivity (Wildman–Crippen MR) is 152 cm³/mol. The molecular formula is C30H29NO6S2. The molecule has 0 aromatic heterocycles. The Bertz CT molecular complexity index is 1670. The van der Waals surface area contributed by atoms with Gasteiger partial charge in [-0.05, 0) is 65.4 Å². The first kappa shape index (κ1) is 28.5. The zero-order chi connectivity index (χ0) is 28.2. The largest absolute Gasteiger partial charge is 0.378 e. The number of hydrogen-bond donors (Lipinski definition) is 3. The van der Waals surface area contributed by atoms with E-state index >= 15 is 0 Å². The molecule has 1 aliphatic carbocycles. The first-order valence-corrected chi connectivity index (χ1v) is 15.3. The molecule has 1 atom stereocenters. The Morgan fingerprint density at radius 3 is 2.26 bits per heavy atom. The highest BCUT2D eigenvalue weighted by molar-refractivity contribution is 7.86. The molecule has 0 aliphatic heterocycles. The van der Waals surface area contributed by atoms with Gasteiger partial charge in [-0.1, -0.05) is 80.1 Å². The van der Waals surface area contributed by atoms with E-state index in [1.54, 1.807) is 36.4 Å². The number of hydrogen-bond acceptors (Lipinski definition) is 5. The molecule has 0 amide bonds. The molecule has 0 spiro atoms. The second-order valence-electron chi connectivity index (χ2n) is 9.03. The van der Waals surface area contributed by atoms with Gasteiger partial charge in [0, 0.05) is 17.7 Å². The average molecular weight is 564 g/mol. The molecule has 7 nitrogen and oxygen atoms in total. The van der Waals surface area contributed by atoms with Crippen molar-refractivity contribution in [3.05, 3.63) is 125 Å². The lowest BCUT2D eigenvalue weighted by molar-refractivity contribution is 0.480. The van der Waals surface area contributed by atoms with E-state index in [0.29, 0.717) is 23.1 Å². The van der Waals surface area contributed by atoms with Crippen molar-refractivity contribution in [2.45, 2.75) is 42.5 Å². The van der Waals surface area contributed by atoms with Crippen LogP contribution in [0, 0.1) is 6.42 Å². The quantitative estimate of drug-likeness (QED) is 0.253. The number of benzene rings is 3. The molecule has 3 aromatic rings. The van der Waals surface area contributed by atoms with Gasteiger partial charge in [-0.15, -0.1) is 0 Å². The molecule has 0 saturated heterocycles. The molecular weight excluding hydrogens is 534 g/mol.